The number of carbonyl (C=O) groups excluding carboxylic acids is 1. The number of fused-ring (bicyclic) bond motifs is 1. The Morgan fingerprint density at radius 3 is 2.58 bits per heavy atom. The van der Waals surface area contributed by atoms with E-state index in [4.69, 9.17) is 18.6 Å². The molecular formula is C24H26NO6+. The zero-order valence-corrected chi connectivity index (χ0v) is 17.9. The van der Waals surface area contributed by atoms with Crippen molar-refractivity contribution in [1.82, 2.24) is 0 Å². The lowest BCUT2D eigenvalue weighted by Gasteiger charge is -2.24. The monoisotopic (exact) mass is 424 g/mol. The topological polar surface area (TPSA) is 79.4 Å². The van der Waals surface area contributed by atoms with Crippen LogP contribution in [0.3, 0.4) is 0 Å². The first-order valence-corrected chi connectivity index (χ1v) is 10.3. The molecule has 2 aromatic carbocycles. The molecule has 2 heterocycles. The third-order valence-electron chi connectivity index (χ3n) is 5.64. The van der Waals surface area contributed by atoms with Crippen molar-refractivity contribution in [3.8, 4) is 11.5 Å². The summed E-state index contributed by atoms with van der Waals surface area (Å²) in [6, 6.07) is 10.6. The average molecular weight is 424 g/mol. The predicted octanol–water partition coefficient (Wildman–Crippen LogP) is 2.05. The number of benzene rings is 2. The lowest BCUT2D eigenvalue weighted by atomic mass is 10.0. The minimum Gasteiger partial charge on any atom is -0.493 e. The van der Waals surface area contributed by atoms with E-state index in [1.165, 1.54) is 23.6 Å². The smallest absolute Gasteiger partial charge is 0.351 e. The molecular weight excluding hydrogens is 398 g/mol. The summed E-state index contributed by atoms with van der Waals surface area (Å²) in [6.07, 6.45) is 0. The second kappa shape index (κ2) is 8.91. The fourth-order valence-corrected chi connectivity index (χ4v) is 3.83. The first-order valence-electron chi connectivity index (χ1n) is 10.3. The fourth-order valence-electron chi connectivity index (χ4n) is 3.83. The SMILES string of the molecule is COc1cccc2cc(C(=O)Oc3cc(C)c(C[NH+]4CCOCC4)cc3C)c(=O)oc12. The van der Waals surface area contributed by atoms with E-state index in [0.717, 1.165) is 44.0 Å². The van der Waals surface area contributed by atoms with Gasteiger partial charge in [0.15, 0.2) is 11.3 Å². The van der Waals surface area contributed by atoms with Crippen LogP contribution in [0.2, 0.25) is 0 Å². The Kier molecular flexibility index (Phi) is 6.06. The van der Waals surface area contributed by atoms with Crippen molar-refractivity contribution in [2.24, 2.45) is 0 Å². The third-order valence-corrected chi connectivity index (χ3v) is 5.64. The number of carbonyl (C=O) groups is 1. The molecule has 0 amide bonds. The van der Waals surface area contributed by atoms with Gasteiger partial charge in [-0.2, -0.15) is 0 Å². The molecule has 3 aromatic rings. The molecule has 0 radical (unpaired) electrons. The van der Waals surface area contributed by atoms with Gasteiger partial charge in [0.1, 0.15) is 30.9 Å². The van der Waals surface area contributed by atoms with Gasteiger partial charge in [0, 0.05) is 10.9 Å². The number of hydrogen-bond donors (Lipinski definition) is 1. The van der Waals surface area contributed by atoms with Gasteiger partial charge in [0.25, 0.3) is 0 Å². The van der Waals surface area contributed by atoms with Gasteiger partial charge in [-0.25, -0.2) is 9.59 Å². The van der Waals surface area contributed by atoms with Gasteiger partial charge in [-0.05, 0) is 49.2 Å². The van der Waals surface area contributed by atoms with Crippen molar-refractivity contribution in [2.45, 2.75) is 20.4 Å². The summed E-state index contributed by atoms with van der Waals surface area (Å²) in [5, 5.41) is 0.586. The highest BCUT2D eigenvalue weighted by Crippen LogP contribution is 2.26. The number of quaternary nitrogens is 1. The van der Waals surface area contributed by atoms with Gasteiger partial charge >= 0.3 is 11.6 Å². The normalized spacial score (nSPS) is 14.5. The van der Waals surface area contributed by atoms with Gasteiger partial charge in [0.05, 0.1) is 20.3 Å². The standard InChI is InChI=1S/C24H25NO6/c1-15-12-21(16(2)11-18(15)14-25-7-9-29-10-8-25)30-23(26)19-13-17-5-4-6-20(28-3)22(17)31-24(19)27/h4-6,11-13H,7-10,14H2,1-3H3/p+1. The maximum absolute atomic E-state index is 12.8. The van der Waals surface area contributed by atoms with Crippen LogP contribution in [0, 0.1) is 13.8 Å². The van der Waals surface area contributed by atoms with Crippen molar-refractivity contribution < 1.29 is 28.3 Å². The quantitative estimate of drug-likeness (QED) is 0.384. The van der Waals surface area contributed by atoms with Crippen LogP contribution < -0.4 is 20.0 Å². The highest BCUT2D eigenvalue weighted by molar-refractivity contribution is 5.95. The second-order valence-electron chi connectivity index (χ2n) is 7.80. The summed E-state index contributed by atoms with van der Waals surface area (Å²) < 4.78 is 21.6. The minimum atomic E-state index is -0.760. The number of para-hydroxylation sites is 1. The summed E-state index contributed by atoms with van der Waals surface area (Å²) in [6.45, 7) is 8.33. The van der Waals surface area contributed by atoms with Crippen molar-refractivity contribution in [3.63, 3.8) is 0 Å². The van der Waals surface area contributed by atoms with Crippen LogP contribution in [0.5, 0.6) is 11.5 Å². The summed E-state index contributed by atoms with van der Waals surface area (Å²) in [5.41, 5.74) is 2.49. The largest absolute Gasteiger partial charge is 0.493 e. The van der Waals surface area contributed by atoms with Crippen molar-refractivity contribution >= 4 is 16.9 Å². The van der Waals surface area contributed by atoms with E-state index in [1.807, 2.05) is 26.0 Å². The molecule has 0 atom stereocenters. The summed E-state index contributed by atoms with van der Waals surface area (Å²) in [4.78, 5) is 26.7. The van der Waals surface area contributed by atoms with E-state index in [1.54, 1.807) is 18.2 Å². The summed E-state index contributed by atoms with van der Waals surface area (Å²) >= 11 is 0. The average Bonchev–Trinajstić information content (AvgIpc) is 2.77. The van der Waals surface area contributed by atoms with Crippen molar-refractivity contribution in [1.29, 1.82) is 0 Å². The summed E-state index contributed by atoms with van der Waals surface area (Å²) in [7, 11) is 1.49. The Labute approximate surface area is 180 Å². The van der Waals surface area contributed by atoms with Crippen LogP contribution in [0.15, 0.2) is 45.6 Å². The lowest BCUT2D eigenvalue weighted by Crippen LogP contribution is -3.12. The van der Waals surface area contributed by atoms with Crippen LogP contribution in [0.4, 0.5) is 0 Å². The van der Waals surface area contributed by atoms with E-state index in [2.05, 4.69) is 0 Å². The molecule has 1 fully saturated rings. The van der Waals surface area contributed by atoms with Crippen LogP contribution in [-0.4, -0.2) is 39.4 Å². The molecule has 1 aromatic heterocycles. The molecule has 1 aliphatic heterocycles. The molecule has 0 spiro atoms. The molecule has 0 aliphatic carbocycles. The van der Waals surface area contributed by atoms with E-state index in [0.29, 0.717) is 22.5 Å². The number of esters is 1. The van der Waals surface area contributed by atoms with Gasteiger partial charge in [0.2, 0.25) is 0 Å². The first-order chi connectivity index (χ1) is 15.0. The maximum Gasteiger partial charge on any atom is 0.351 e. The van der Waals surface area contributed by atoms with Gasteiger partial charge in [-0.3, -0.25) is 0 Å². The minimum absolute atomic E-state index is 0.153. The number of morpholine rings is 1. The first kappa shape index (κ1) is 21.1. The Bertz CT molecular complexity index is 1180. The van der Waals surface area contributed by atoms with Crippen LogP contribution in [-0.2, 0) is 11.3 Å². The Morgan fingerprint density at radius 1 is 1.06 bits per heavy atom. The molecule has 1 saturated heterocycles. The van der Waals surface area contributed by atoms with Gasteiger partial charge < -0.3 is 23.5 Å². The molecule has 0 bridgehead atoms. The predicted molar refractivity (Wildman–Crippen MR) is 115 cm³/mol. The number of hydrogen-bond acceptors (Lipinski definition) is 6. The molecule has 162 valence electrons. The molecule has 0 saturated carbocycles. The highest BCUT2D eigenvalue weighted by Gasteiger charge is 2.20. The molecule has 4 rings (SSSR count). The van der Waals surface area contributed by atoms with Crippen molar-refractivity contribution in [3.05, 3.63) is 69.1 Å². The van der Waals surface area contributed by atoms with E-state index in [9.17, 15) is 9.59 Å². The fraction of sp³-hybridized carbons (Fsp3) is 0.333. The van der Waals surface area contributed by atoms with Crippen LogP contribution >= 0.6 is 0 Å². The zero-order valence-electron chi connectivity index (χ0n) is 17.9. The zero-order chi connectivity index (χ0) is 22.0. The van der Waals surface area contributed by atoms with Crippen molar-refractivity contribution in [2.75, 3.05) is 33.4 Å². The second-order valence-corrected chi connectivity index (χ2v) is 7.80. The van der Waals surface area contributed by atoms with Crippen LogP contribution in [0.25, 0.3) is 11.0 Å². The molecule has 0 unspecified atom stereocenters. The summed E-state index contributed by atoms with van der Waals surface area (Å²) in [5.74, 6) is 0.125. The molecule has 31 heavy (non-hydrogen) atoms. The maximum atomic E-state index is 12.8. The van der Waals surface area contributed by atoms with E-state index < -0.39 is 11.6 Å². The number of aryl methyl sites for hydroxylation is 2. The third kappa shape index (κ3) is 4.47. The van der Waals surface area contributed by atoms with Gasteiger partial charge in [-0.1, -0.05) is 12.1 Å². The number of methoxy groups -OCH3 is 1. The highest BCUT2D eigenvalue weighted by atomic mass is 16.5. The van der Waals surface area contributed by atoms with E-state index in [-0.39, 0.29) is 5.56 Å². The lowest BCUT2D eigenvalue weighted by molar-refractivity contribution is -0.921. The number of nitrogens with one attached hydrogen (secondary N) is 1. The number of rotatable bonds is 5. The number of ether oxygens (including phenoxy) is 3. The molecule has 1 aliphatic rings. The van der Waals surface area contributed by atoms with Gasteiger partial charge in [-0.15, -0.1) is 0 Å². The molecule has 7 nitrogen and oxygen atoms in total. The molecule has 1 N–H and O–H groups in total. The van der Waals surface area contributed by atoms with E-state index >= 15 is 0 Å². The molecule has 7 heteroatoms. The Balaban J connectivity index is 1.57. The van der Waals surface area contributed by atoms with Crippen LogP contribution in [0.1, 0.15) is 27.0 Å². The Morgan fingerprint density at radius 2 is 1.84 bits per heavy atom. The Hall–Kier alpha value is -3.16.